The number of nitrogens with one attached hydrogen (secondary N) is 1. The number of carbonyl (C=O) groups excluding carboxylic acids is 2. The van der Waals surface area contributed by atoms with E-state index < -0.39 is 0 Å². The van der Waals surface area contributed by atoms with Gasteiger partial charge < -0.3 is 9.88 Å². The quantitative estimate of drug-likeness (QED) is 0.578. The molecule has 1 aliphatic rings. The minimum atomic E-state index is -0.385. The molecule has 0 saturated carbocycles. The van der Waals surface area contributed by atoms with Gasteiger partial charge in [-0.3, -0.25) is 9.69 Å². The Kier molecular flexibility index (Phi) is 4.05. The largest absolute Gasteiger partial charge is 0.347 e. The zero-order valence-electron chi connectivity index (χ0n) is 14.5. The van der Waals surface area contributed by atoms with Crippen LogP contribution in [0, 0.1) is 0 Å². The third kappa shape index (κ3) is 2.77. The first kappa shape index (κ1) is 16.1. The van der Waals surface area contributed by atoms with Crippen molar-refractivity contribution < 1.29 is 9.59 Å². The van der Waals surface area contributed by atoms with Gasteiger partial charge >= 0.3 is 6.03 Å². The van der Waals surface area contributed by atoms with Gasteiger partial charge in [-0.05, 0) is 24.6 Å². The molecule has 0 spiro atoms. The van der Waals surface area contributed by atoms with Crippen molar-refractivity contribution in [2.45, 2.75) is 20.0 Å². The van der Waals surface area contributed by atoms with Crippen LogP contribution in [0.15, 0.2) is 66.5 Å². The number of imide groups is 1. The van der Waals surface area contributed by atoms with Crippen molar-refractivity contribution in [2.75, 3.05) is 0 Å². The minimum Gasteiger partial charge on any atom is -0.347 e. The Bertz CT molecular complexity index is 1020. The first-order valence-electron chi connectivity index (χ1n) is 8.63. The van der Waals surface area contributed by atoms with Crippen LogP contribution in [0.2, 0.25) is 0 Å². The average Bonchev–Trinajstić information content (AvgIpc) is 3.15. The van der Waals surface area contributed by atoms with E-state index in [1.54, 1.807) is 6.08 Å². The Labute approximate surface area is 151 Å². The normalized spacial score (nSPS) is 15.9. The number of urea groups is 1. The molecule has 0 unspecified atom stereocenters. The fraction of sp³-hybridized carbons (Fsp3) is 0.143. The molecule has 3 aromatic rings. The van der Waals surface area contributed by atoms with Crippen LogP contribution in [0.1, 0.15) is 18.1 Å². The predicted molar refractivity (Wildman–Crippen MR) is 101 cm³/mol. The van der Waals surface area contributed by atoms with E-state index in [1.807, 2.05) is 54.7 Å². The average molecular weight is 345 g/mol. The number of aromatic nitrogens is 1. The Hall–Kier alpha value is -3.34. The lowest BCUT2D eigenvalue weighted by molar-refractivity contribution is -0.123. The number of amides is 3. The van der Waals surface area contributed by atoms with E-state index in [4.69, 9.17) is 0 Å². The first-order chi connectivity index (χ1) is 12.7. The van der Waals surface area contributed by atoms with Crippen LogP contribution in [-0.4, -0.2) is 21.4 Å². The lowest BCUT2D eigenvalue weighted by Gasteiger charge is -2.11. The van der Waals surface area contributed by atoms with Crippen LogP contribution in [0.25, 0.3) is 17.0 Å². The molecule has 1 aliphatic heterocycles. The number of para-hydroxylation sites is 1. The molecule has 2 aromatic carbocycles. The van der Waals surface area contributed by atoms with Crippen LogP contribution < -0.4 is 5.32 Å². The fourth-order valence-corrected chi connectivity index (χ4v) is 3.29. The summed E-state index contributed by atoms with van der Waals surface area (Å²) < 4.78 is 2.13. The zero-order chi connectivity index (χ0) is 18.1. The molecule has 130 valence electrons. The van der Waals surface area contributed by atoms with Crippen molar-refractivity contribution >= 4 is 28.9 Å². The van der Waals surface area contributed by atoms with Crippen molar-refractivity contribution in [3.05, 3.63) is 77.6 Å². The molecule has 0 bridgehead atoms. The summed E-state index contributed by atoms with van der Waals surface area (Å²) in [7, 11) is 0. The zero-order valence-corrected chi connectivity index (χ0v) is 14.5. The van der Waals surface area contributed by atoms with E-state index in [0.29, 0.717) is 5.70 Å². The molecule has 4 rings (SSSR count). The van der Waals surface area contributed by atoms with E-state index in [1.165, 1.54) is 4.90 Å². The van der Waals surface area contributed by atoms with E-state index in [2.05, 4.69) is 22.9 Å². The number of hydrogen-bond acceptors (Lipinski definition) is 2. The van der Waals surface area contributed by atoms with Gasteiger partial charge in [0.1, 0.15) is 5.70 Å². The Morgan fingerprint density at radius 1 is 1.00 bits per heavy atom. The van der Waals surface area contributed by atoms with Gasteiger partial charge in [-0.1, -0.05) is 48.5 Å². The van der Waals surface area contributed by atoms with Crippen LogP contribution in [0.5, 0.6) is 0 Å². The number of carbonyl (C=O) groups is 2. The summed E-state index contributed by atoms with van der Waals surface area (Å²) >= 11 is 0. The number of benzene rings is 2. The molecule has 0 aliphatic carbocycles. The minimum absolute atomic E-state index is 0.263. The second kappa shape index (κ2) is 6.52. The number of fused-ring (bicyclic) bond motifs is 1. The molecular formula is C21H19N3O2. The highest BCUT2D eigenvalue weighted by atomic mass is 16.2. The van der Waals surface area contributed by atoms with Crippen molar-refractivity contribution in [1.82, 2.24) is 14.8 Å². The highest BCUT2D eigenvalue weighted by molar-refractivity contribution is 6.14. The van der Waals surface area contributed by atoms with Crippen molar-refractivity contribution in [2.24, 2.45) is 0 Å². The Morgan fingerprint density at radius 3 is 2.50 bits per heavy atom. The molecule has 1 aromatic heterocycles. The highest BCUT2D eigenvalue weighted by Crippen LogP contribution is 2.25. The third-order valence-electron chi connectivity index (χ3n) is 4.61. The summed E-state index contributed by atoms with van der Waals surface area (Å²) in [5, 5.41) is 3.76. The monoisotopic (exact) mass is 345 g/mol. The summed E-state index contributed by atoms with van der Waals surface area (Å²) in [6, 6.07) is 17.2. The van der Waals surface area contributed by atoms with Gasteiger partial charge in [0.15, 0.2) is 0 Å². The van der Waals surface area contributed by atoms with Gasteiger partial charge in [0.25, 0.3) is 5.91 Å². The van der Waals surface area contributed by atoms with Gasteiger partial charge in [-0.25, -0.2) is 4.79 Å². The van der Waals surface area contributed by atoms with Crippen LogP contribution in [0.3, 0.4) is 0 Å². The second-order valence-corrected chi connectivity index (χ2v) is 6.25. The van der Waals surface area contributed by atoms with Gasteiger partial charge in [0, 0.05) is 29.2 Å². The number of nitrogens with zero attached hydrogens (tertiary/aromatic N) is 2. The smallest absolute Gasteiger partial charge is 0.329 e. The molecule has 1 saturated heterocycles. The van der Waals surface area contributed by atoms with Crippen LogP contribution >= 0.6 is 0 Å². The van der Waals surface area contributed by atoms with Crippen molar-refractivity contribution in [3.8, 4) is 0 Å². The number of rotatable bonds is 4. The maximum absolute atomic E-state index is 12.7. The van der Waals surface area contributed by atoms with Gasteiger partial charge in [0.05, 0.1) is 6.54 Å². The van der Waals surface area contributed by atoms with Gasteiger partial charge in [-0.15, -0.1) is 0 Å². The maximum atomic E-state index is 12.7. The lowest BCUT2D eigenvalue weighted by Crippen LogP contribution is -2.30. The molecule has 5 heteroatoms. The molecule has 26 heavy (non-hydrogen) atoms. The molecule has 5 nitrogen and oxygen atoms in total. The van der Waals surface area contributed by atoms with Crippen LogP contribution in [-0.2, 0) is 17.9 Å². The molecule has 0 atom stereocenters. The summed E-state index contributed by atoms with van der Waals surface area (Å²) in [6.07, 6.45) is 3.77. The highest BCUT2D eigenvalue weighted by Gasteiger charge is 2.33. The molecule has 2 heterocycles. The Balaban J connectivity index is 1.67. The van der Waals surface area contributed by atoms with Crippen molar-refractivity contribution in [3.63, 3.8) is 0 Å². The molecule has 1 N–H and O–H groups in total. The number of aryl methyl sites for hydroxylation is 1. The summed E-state index contributed by atoms with van der Waals surface area (Å²) in [5.41, 5.74) is 3.26. The maximum Gasteiger partial charge on any atom is 0.329 e. The first-order valence-corrected chi connectivity index (χ1v) is 8.63. The van der Waals surface area contributed by atoms with Gasteiger partial charge in [0.2, 0.25) is 0 Å². The lowest BCUT2D eigenvalue weighted by atomic mass is 10.1. The molecular weight excluding hydrogens is 326 g/mol. The molecule has 0 radical (unpaired) electrons. The summed E-state index contributed by atoms with van der Waals surface area (Å²) in [4.78, 5) is 26.2. The second-order valence-electron chi connectivity index (χ2n) is 6.25. The van der Waals surface area contributed by atoms with Crippen molar-refractivity contribution in [1.29, 1.82) is 0 Å². The van der Waals surface area contributed by atoms with E-state index >= 15 is 0 Å². The summed E-state index contributed by atoms with van der Waals surface area (Å²) in [6.45, 7) is 3.18. The topological polar surface area (TPSA) is 54.3 Å². The van der Waals surface area contributed by atoms with Gasteiger partial charge in [-0.2, -0.15) is 0 Å². The van der Waals surface area contributed by atoms with Crippen LogP contribution in [0.4, 0.5) is 4.79 Å². The Morgan fingerprint density at radius 2 is 1.73 bits per heavy atom. The predicted octanol–water partition coefficient (Wildman–Crippen LogP) is 3.75. The van der Waals surface area contributed by atoms with E-state index in [9.17, 15) is 9.59 Å². The SMILES string of the molecule is CCn1cc(/C=C2\NC(=O)N(Cc3ccccc3)C2=O)c2ccccc21. The van der Waals surface area contributed by atoms with E-state index in [-0.39, 0.29) is 18.5 Å². The standard InChI is InChI=1S/C21H19N3O2/c1-2-23-14-16(17-10-6-7-11-19(17)23)12-18-20(25)24(21(26)22-18)13-15-8-4-3-5-9-15/h3-12,14H,2,13H2,1H3,(H,22,26)/b18-12-. The summed E-state index contributed by atoms with van der Waals surface area (Å²) in [5.74, 6) is -0.299. The number of hydrogen-bond donors (Lipinski definition) is 1. The van der Waals surface area contributed by atoms with E-state index in [0.717, 1.165) is 28.6 Å². The molecule has 3 amide bonds. The molecule has 1 fully saturated rings. The third-order valence-corrected chi connectivity index (χ3v) is 4.61. The fourth-order valence-electron chi connectivity index (χ4n) is 3.29.